The minimum atomic E-state index is -0.0207. The molecular formula is C25H26N6OS2. The summed E-state index contributed by atoms with van der Waals surface area (Å²) < 4.78 is 2.04. The maximum atomic E-state index is 13.3. The van der Waals surface area contributed by atoms with Crippen molar-refractivity contribution in [3.63, 3.8) is 0 Å². The van der Waals surface area contributed by atoms with E-state index in [9.17, 15) is 4.79 Å². The summed E-state index contributed by atoms with van der Waals surface area (Å²) >= 11 is 2.94. The molecule has 34 heavy (non-hydrogen) atoms. The van der Waals surface area contributed by atoms with Crippen molar-refractivity contribution in [3.8, 4) is 0 Å². The Kier molecular flexibility index (Phi) is 7.97. The summed E-state index contributed by atoms with van der Waals surface area (Å²) in [4.78, 5) is 24.0. The van der Waals surface area contributed by atoms with Crippen molar-refractivity contribution >= 4 is 40.8 Å². The monoisotopic (exact) mass is 490 g/mol. The topological polar surface area (TPSA) is 76.8 Å². The van der Waals surface area contributed by atoms with E-state index in [1.807, 2.05) is 85.1 Å². The third kappa shape index (κ3) is 5.84. The molecule has 0 aliphatic heterocycles. The minimum Gasteiger partial charge on any atom is -0.306 e. The standard InChI is InChI=1S/C25H26N6OS2/c1-4-30-22(16-33-24-26-18(2)15-19(3)27-24)28-29-25(30)34-17-23(32)31(20-11-7-5-8-12-20)21-13-9-6-10-14-21/h5-15H,4,16-17H2,1-3H3. The second kappa shape index (κ2) is 11.3. The van der Waals surface area contributed by atoms with E-state index in [0.717, 1.165) is 38.9 Å². The average molecular weight is 491 g/mol. The number of anilines is 2. The van der Waals surface area contributed by atoms with Gasteiger partial charge in [0.25, 0.3) is 0 Å². The molecule has 0 spiro atoms. The Morgan fingerprint density at radius 2 is 1.47 bits per heavy atom. The molecule has 0 atom stereocenters. The van der Waals surface area contributed by atoms with E-state index in [1.54, 1.807) is 4.90 Å². The molecule has 2 aromatic carbocycles. The molecule has 174 valence electrons. The maximum absolute atomic E-state index is 13.3. The number of benzene rings is 2. The first-order valence-corrected chi connectivity index (χ1v) is 12.9. The molecule has 4 aromatic rings. The molecule has 0 unspecified atom stereocenters. The van der Waals surface area contributed by atoms with Crippen LogP contribution in [0.25, 0.3) is 0 Å². The van der Waals surface area contributed by atoms with Gasteiger partial charge in [0.05, 0.1) is 11.5 Å². The van der Waals surface area contributed by atoms with Crippen molar-refractivity contribution in [2.75, 3.05) is 10.7 Å². The largest absolute Gasteiger partial charge is 0.306 e. The van der Waals surface area contributed by atoms with Gasteiger partial charge in [-0.2, -0.15) is 0 Å². The van der Waals surface area contributed by atoms with Crippen LogP contribution in [0.3, 0.4) is 0 Å². The minimum absolute atomic E-state index is 0.0207. The van der Waals surface area contributed by atoms with Gasteiger partial charge in [-0.3, -0.25) is 9.69 Å². The molecule has 0 saturated carbocycles. The molecule has 7 nitrogen and oxygen atoms in total. The zero-order valence-corrected chi connectivity index (χ0v) is 21.0. The van der Waals surface area contributed by atoms with E-state index < -0.39 is 0 Å². The molecule has 0 bridgehead atoms. The number of aromatic nitrogens is 5. The van der Waals surface area contributed by atoms with Crippen LogP contribution >= 0.6 is 23.5 Å². The molecule has 0 aliphatic carbocycles. The molecule has 0 fully saturated rings. The van der Waals surface area contributed by atoms with Crippen LogP contribution in [0.5, 0.6) is 0 Å². The normalized spacial score (nSPS) is 10.9. The van der Waals surface area contributed by atoms with E-state index in [4.69, 9.17) is 0 Å². The van der Waals surface area contributed by atoms with Gasteiger partial charge in [0.1, 0.15) is 5.82 Å². The van der Waals surface area contributed by atoms with Gasteiger partial charge in [0, 0.05) is 29.3 Å². The van der Waals surface area contributed by atoms with Crippen molar-refractivity contribution in [2.45, 2.75) is 43.4 Å². The zero-order chi connectivity index (χ0) is 23.9. The lowest BCUT2D eigenvalue weighted by Gasteiger charge is -2.23. The first-order valence-electron chi connectivity index (χ1n) is 11.0. The van der Waals surface area contributed by atoms with E-state index in [2.05, 4.69) is 27.1 Å². The molecule has 2 aromatic heterocycles. The number of carbonyl (C=O) groups is 1. The summed E-state index contributed by atoms with van der Waals surface area (Å²) in [5.74, 6) is 1.67. The van der Waals surface area contributed by atoms with Gasteiger partial charge in [0.15, 0.2) is 10.3 Å². The van der Waals surface area contributed by atoms with Crippen LogP contribution in [0.15, 0.2) is 77.0 Å². The summed E-state index contributed by atoms with van der Waals surface area (Å²) in [6.07, 6.45) is 0. The number of aryl methyl sites for hydroxylation is 2. The number of hydrogen-bond donors (Lipinski definition) is 0. The third-order valence-electron chi connectivity index (χ3n) is 5.00. The fraction of sp³-hybridized carbons (Fsp3) is 0.240. The molecule has 4 rings (SSSR count). The Balaban J connectivity index is 1.47. The molecule has 0 aliphatic rings. The van der Waals surface area contributed by atoms with Crippen LogP contribution in [0.4, 0.5) is 11.4 Å². The number of thioether (sulfide) groups is 2. The summed E-state index contributed by atoms with van der Waals surface area (Å²) in [6, 6.07) is 21.3. The highest BCUT2D eigenvalue weighted by Gasteiger charge is 2.20. The Bertz CT molecular complexity index is 1190. The highest BCUT2D eigenvalue weighted by atomic mass is 32.2. The summed E-state index contributed by atoms with van der Waals surface area (Å²) in [5.41, 5.74) is 3.56. The smallest absolute Gasteiger partial charge is 0.242 e. The third-order valence-corrected chi connectivity index (χ3v) is 6.80. The van der Waals surface area contributed by atoms with E-state index in [0.29, 0.717) is 12.3 Å². The number of amides is 1. The SMILES string of the molecule is CCn1c(CSc2nc(C)cc(C)n2)nnc1SCC(=O)N(c1ccccc1)c1ccccc1. The summed E-state index contributed by atoms with van der Waals surface area (Å²) in [5, 5.41) is 10.2. The average Bonchev–Trinajstić information content (AvgIpc) is 3.24. The summed E-state index contributed by atoms with van der Waals surface area (Å²) in [6.45, 7) is 6.70. The number of para-hydroxylation sites is 2. The highest BCUT2D eigenvalue weighted by molar-refractivity contribution is 7.99. The van der Waals surface area contributed by atoms with Crippen LogP contribution in [0.2, 0.25) is 0 Å². The molecule has 9 heteroatoms. The van der Waals surface area contributed by atoms with Crippen molar-refractivity contribution in [2.24, 2.45) is 0 Å². The first-order chi connectivity index (χ1) is 16.5. The second-order valence-electron chi connectivity index (χ2n) is 7.55. The lowest BCUT2D eigenvalue weighted by molar-refractivity contribution is -0.115. The molecule has 0 N–H and O–H groups in total. The van der Waals surface area contributed by atoms with Gasteiger partial charge in [-0.15, -0.1) is 10.2 Å². The lowest BCUT2D eigenvalue weighted by Crippen LogP contribution is -2.27. The number of carbonyl (C=O) groups excluding carboxylic acids is 1. The van der Waals surface area contributed by atoms with Gasteiger partial charge >= 0.3 is 0 Å². The van der Waals surface area contributed by atoms with Crippen molar-refractivity contribution in [3.05, 3.63) is 83.9 Å². The van der Waals surface area contributed by atoms with Crippen molar-refractivity contribution in [1.82, 2.24) is 24.7 Å². The zero-order valence-electron chi connectivity index (χ0n) is 19.4. The van der Waals surface area contributed by atoms with Crippen molar-refractivity contribution < 1.29 is 4.79 Å². The first kappa shape index (κ1) is 24.0. The van der Waals surface area contributed by atoms with Crippen LogP contribution in [-0.2, 0) is 17.1 Å². The number of nitrogens with zero attached hydrogens (tertiary/aromatic N) is 6. The van der Waals surface area contributed by atoms with E-state index >= 15 is 0 Å². The number of rotatable bonds is 9. The fourth-order valence-corrected chi connectivity index (χ4v) is 5.28. The number of hydrogen-bond acceptors (Lipinski definition) is 7. The quantitative estimate of drug-likeness (QED) is 0.228. The Labute approximate surface area is 208 Å². The Morgan fingerprint density at radius 1 is 0.882 bits per heavy atom. The van der Waals surface area contributed by atoms with E-state index in [-0.39, 0.29) is 11.7 Å². The molecule has 0 radical (unpaired) electrons. The highest BCUT2D eigenvalue weighted by Crippen LogP contribution is 2.28. The fourth-order valence-electron chi connectivity index (χ4n) is 3.52. The summed E-state index contributed by atoms with van der Waals surface area (Å²) in [7, 11) is 0. The van der Waals surface area contributed by atoms with E-state index in [1.165, 1.54) is 23.5 Å². The predicted octanol–water partition coefficient (Wildman–Crippen LogP) is 5.45. The van der Waals surface area contributed by atoms with Gasteiger partial charge < -0.3 is 4.57 Å². The van der Waals surface area contributed by atoms with Crippen LogP contribution in [0.1, 0.15) is 24.1 Å². The molecule has 2 heterocycles. The Hall–Kier alpha value is -3.17. The van der Waals surface area contributed by atoms with Crippen molar-refractivity contribution in [1.29, 1.82) is 0 Å². The van der Waals surface area contributed by atoms with Crippen LogP contribution in [0, 0.1) is 13.8 Å². The van der Waals surface area contributed by atoms with Crippen LogP contribution in [-0.4, -0.2) is 36.4 Å². The van der Waals surface area contributed by atoms with Gasteiger partial charge in [-0.25, -0.2) is 9.97 Å². The molecule has 1 amide bonds. The predicted molar refractivity (Wildman–Crippen MR) is 138 cm³/mol. The molecule has 0 saturated heterocycles. The maximum Gasteiger partial charge on any atom is 0.242 e. The Morgan fingerprint density at radius 3 is 2.03 bits per heavy atom. The second-order valence-corrected chi connectivity index (χ2v) is 9.44. The van der Waals surface area contributed by atoms with Gasteiger partial charge in [-0.1, -0.05) is 59.9 Å². The van der Waals surface area contributed by atoms with Crippen LogP contribution < -0.4 is 4.90 Å². The molecular weight excluding hydrogens is 464 g/mol. The van der Waals surface area contributed by atoms with Gasteiger partial charge in [-0.05, 0) is 51.1 Å². The lowest BCUT2D eigenvalue weighted by atomic mass is 10.2. The van der Waals surface area contributed by atoms with Gasteiger partial charge in [0.2, 0.25) is 5.91 Å².